The summed E-state index contributed by atoms with van der Waals surface area (Å²) in [5, 5.41) is 0. The van der Waals surface area contributed by atoms with Gasteiger partial charge in [0.15, 0.2) is 8.32 Å². The van der Waals surface area contributed by atoms with Crippen molar-refractivity contribution in [3.63, 3.8) is 0 Å². The molecule has 0 atom stereocenters. The third-order valence-electron chi connectivity index (χ3n) is 2.28. The van der Waals surface area contributed by atoms with Crippen molar-refractivity contribution >= 4 is 8.32 Å². The van der Waals surface area contributed by atoms with Crippen molar-refractivity contribution in [2.75, 3.05) is 6.61 Å². The van der Waals surface area contributed by atoms with Gasteiger partial charge in [-0.1, -0.05) is 37.7 Å². The van der Waals surface area contributed by atoms with Gasteiger partial charge in [-0.15, -0.1) is 0 Å². The van der Waals surface area contributed by atoms with Crippen LogP contribution in [0.1, 0.15) is 45.4 Å². The molecule has 0 aromatic rings. The molecule has 0 rings (SSSR count). The fourth-order valence-electron chi connectivity index (χ4n) is 1.40. The van der Waals surface area contributed by atoms with Gasteiger partial charge >= 0.3 is 0 Å². The summed E-state index contributed by atoms with van der Waals surface area (Å²) in [6, 6.07) is 0. The van der Waals surface area contributed by atoms with Crippen molar-refractivity contribution in [2.24, 2.45) is 0 Å². The van der Waals surface area contributed by atoms with Crippen LogP contribution in [0.25, 0.3) is 0 Å². The Morgan fingerprint density at radius 3 is 2.41 bits per heavy atom. The quantitative estimate of drug-likeness (QED) is 0.344. The molecule has 0 aliphatic rings. The smallest absolute Gasteiger partial charge is 0.183 e. The number of rotatable bonds is 8. The average molecular weight is 252 g/mol. The van der Waals surface area contributed by atoms with E-state index in [1.165, 1.54) is 25.7 Å². The Hall–Kier alpha value is -0.523. The standard InChI is InChI=1S/C15H28OSi/c1-5-6-7-8-9-10-11-12-13-14-15-16-17(2,3)4/h8-9H,5,10-15H2,1-4H3/b9-8+. The second kappa shape index (κ2) is 10.6. The summed E-state index contributed by atoms with van der Waals surface area (Å²) in [4.78, 5) is 0. The number of allylic oxidation sites excluding steroid dienone is 2. The van der Waals surface area contributed by atoms with E-state index in [-0.39, 0.29) is 0 Å². The molecule has 0 heterocycles. The molecule has 98 valence electrons. The SMILES string of the molecule is CCC#C/C=C/CCCCCCO[Si](C)(C)C. The Kier molecular flexibility index (Phi) is 10.3. The van der Waals surface area contributed by atoms with Crippen LogP contribution in [-0.2, 0) is 4.43 Å². The monoisotopic (exact) mass is 252 g/mol. The topological polar surface area (TPSA) is 9.23 Å². The summed E-state index contributed by atoms with van der Waals surface area (Å²) < 4.78 is 5.81. The molecule has 0 saturated carbocycles. The molecular formula is C15H28OSi. The molecule has 0 fully saturated rings. The number of hydrogen-bond donors (Lipinski definition) is 0. The van der Waals surface area contributed by atoms with Crippen LogP contribution in [0.4, 0.5) is 0 Å². The molecule has 0 spiro atoms. The molecule has 0 N–H and O–H groups in total. The second-order valence-corrected chi connectivity index (χ2v) is 9.75. The van der Waals surface area contributed by atoms with E-state index in [9.17, 15) is 0 Å². The molecule has 0 bridgehead atoms. The summed E-state index contributed by atoms with van der Waals surface area (Å²) in [6.45, 7) is 9.76. The molecule has 0 aromatic carbocycles. The molecule has 17 heavy (non-hydrogen) atoms. The van der Waals surface area contributed by atoms with Crippen LogP contribution in [0, 0.1) is 11.8 Å². The zero-order chi connectivity index (χ0) is 13.0. The highest BCUT2D eigenvalue weighted by atomic mass is 28.4. The number of unbranched alkanes of at least 4 members (excludes halogenated alkanes) is 4. The van der Waals surface area contributed by atoms with E-state index in [1.54, 1.807) is 0 Å². The lowest BCUT2D eigenvalue weighted by atomic mass is 10.1. The van der Waals surface area contributed by atoms with E-state index in [0.717, 1.165) is 19.4 Å². The van der Waals surface area contributed by atoms with Crippen LogP contribution in [0.5, 0.6) is 0 Å². The van der Waals surface area contributed by atoms with E-state index < -0.39 is 8.32 Å². The van der Waals surface area contributed by atoms with E-state index in [0.29, 0.717) is 0 Å². The maximum absolute atomic E-state index is 5.81. The highest BCUT2D eigenvalue weighted by Gasteiger charge is 2.12. The van der Waals surface area contributed by atoms with Crippen molar-refractivity contribution in [2.45, 2.75) is 65.1 Å². The third-order valence-corrected chi connectivity index (χ3v) is 3.35. The Morgan fingerprint density at radius 2 is 1.76 bits per heavy atom. The van der Waals surface area contributed by atoms with Gasteiger partial charge in [-0.25, -0.2) is 0 Å². The van der Waals surface area contributed by atoms with Gasteiger partial charge in [-0.3, -0.25) is 0 Å². The van der Waals surface area contributed by atoms with Crippen LogP contribution in [0.2, 0.25) is 19.6 Å². The van der Waals surface area contributed by atoms with Gasteiger partial charge in [0.05, 0.1) is 0 Å². The second-order valence-electron chi connectivity index (χ2n) is 5.24. The summed E-state index contributed by atoms with van der Waals surface area (Å²) in [6.07, 6.45) is 11.4. The van der Waals surface area contributed by atoms with E-state index in [4.69, 9.17) is 4.43 Å². The van der Waals surface area contributed by atoms with Gasteiger partial charge in [0, 0.05) is 13.0 Å². The van der Waals surface area contributed by atoms with E-state index in [2.05, 4.69) is 44.5 Å². The zero-order valence-corrected chi connectivity index (χ0v) is 13.0. The summed E-state index contributed by atoms with van der Waals surface area (Å²) in [7, 11) is -1.28. The Balaban J connectivity index is 3.22. The normalized spacial score (nSPS) is 11.5. The minimum absolute atomic E-state index is 0.946. The maximum Gasteiger partial charge on any atom is 0.183 e. The summed E-state index contributed by atoms with van der Waals surface area (Å²) in [5.41, 5.74) is 0. The Bertz CT molecular complexity index is 252. The first-order valence-electron chi connectivity index (χ1n) is 6.83. The lowest BCUT2D eigenvalue weighted by Gasteiger charge is -2.16. The van der Waals surface area contributed by atoms with Gasteiger partial charge in [-0.2, -0.15) is 0 Å². The first-order valence-corrected chi connectivity index (χ1v) is 10.2. The molecule has 1 nitrogen and oxygen atoms in total. The van der Waals surface area contributed by atoms with Gasteiger partial charge in [0.2, 0.25) is 0 Å². The highest BCUT2D eigenvalue weighted by Crippen LogP contribution is 2.07. The zero-order valence-electron chi connectivity index (χ0n) is 12.0. The molecular weight excluding hydrogens is 224 g/mol. The molecule has 0 unspecified atom stereocenters. The van der Waals surface area contributed by atoms with Gasteiger partial charge in [0.1, 0.15) is 0 Å². The van der Waals surface area contributed by atoms with Crippen LogP contribution in [0.3, 0.4) is 0 Å². The lowest BCUT2D eigenvalue weighted by Crippen LogP contribution is -2.25. The van der Waals surface area contributed by atoms with Crippen molar-refractivity contribution in [1.82, 2.24) is 0 Å². The minimum atomic E-state index is -1.28. The molecule has 0 aromatic heterocycles. The maximum atomic E-state index is 5.81. The Morgan fingerprint density at radius 1 is 1.06 bits per heavy atom. The average Bonchev–Trinajstić information content (AvgIpc) is 2.24. The van der Waals surface area contributed by atoms with Crippen LogP contribution in [-0.4, -0.2) is 14.9 Å². The van der Waals surface area contributed by atoms with Gasteiger partial charge < -0.3 is 4.43 Å². The van der Waals surface area contributed by atoms with Crippen molar-refractivity contribution in [3.8, 4) is 11.8 Å². The molecule has 0 saturated heterocycles. The fourth-order valence-corrected chi connectivity index (χ4v) is 2.16. The summed E-state index contributed by atoms with van der Waals surface area (Å²) >= 11 is 0. The van der Waals surface area contributed by atoms with Crippen LogP contribution in [0.15, 0.2) is 12.2 Å². The van der Waals surface area contributed by atoms with Gasteiger partial charge in [0.25, 0.3) is 0 Å². The molecule has 2 heteroatoms. The predicted molar refractivity (Wildman–Crippen MR) is 79.6 cm³/mol. The third kappa shape index (κ3) is 15.5. The highest BCUT2D eigenvalue weighted by molar-refractivity contribution is 6.69. The van der Waals surface area contributed by atoms with Crippen molar-refractivity contribution in [1.29, 1.82) is 0 Å². The molecule has 0 aliphatic heterocycles. The predicted octanol–water partition coefficient (Wildman–Crippen LogP) is 4.76. The molecule has 0 aliphatic carbocycles. The van der Waals surface area contributed by atoms with Crippen molar-refractivity contribution in [3.05, 3.63) is 12.2 Å². The Labute approximate surface area is 109 Å². The lowest BCUT2D eigenvalue weighted by molar-refractivity contribution is 0.298. The van der Waals surface area contributed by atoms with Gasteiger partial charge in [-0.05, 0) is 45.0 Å². The fraction of sp³-hybridized carbons (Fsp3) is 0.733. The molecule has 0 amide bonds. The largest absolute Gasteiger partial charge is 0.418 e. The number of hydrogen-bond acceptors (Lipinski definition) is 1. The van der Waals surface area contributed by atoms with Crippen molar-refractivity contribution < 1.29 is 4.43 Å². The first-order chi connectivity index (χ1) is 8.06. The molecule has 0 radical (unpaired) electrons. The first kappa shape index (κ1) is 16.5. The minimum Gasteiger partial charge on any atom is -0.418 e. The summed E-state index contributed by atoms with van der Waals surface area (Å²) in [5.74, 6) is 6.05. The van der Waals surface area contributed by atoms with Crippen LogP contribution >= 0.6 is 0 Å². The van der Waals surface area contributed by atoms with Crippen LogP contribution < -0.4 is 0 Å². The van der Waals surface area contributed by atoms with E-state index >= 15 is 0 Å². The van der Waals surface area contributed by atoms with E-state index in [1.807, 2.05) is 6.08 Å².